The summed E-state index contributed by atoms with van der Waals surface area (Å²) < 4.78 is 0. The van der Waals surface area contributed by atoms with Crippen molar-refractivity contribution in [2.45, 2.75) is 81.6 Å². The Kier molecular flexibility index (Phi) is 5.48. The van der Waals surface area contributed by atoms with Crippen LogP contribution in [0, 0.1) is 28.6 Å². The molecule has 0 amide bonds. The number of benzene rings is 1. The van der Waals surface area contributed by atoms with Gasteiger partial charge in [-0.05, 0) is 109 Å². The topological polar surface area (TPSA) is 57.5 Å². The van der Waals surface area contributed by atoms with E-state index in [2.05, 4.69) is 32.0 Å². The van der Waals surface area contributed by atoms with Crippen molar-refractivity contribution >= 4 is 17.5 Å². The Morgan fingerprint density at radius 2 is 2.06 bits per heavy atom. The molecule has 5 aliphatic rings. The zero-order chi connectivity index (χ0) is 23.7. The zero-order valence-corrected chi connectivity index (χ0v) is 21.4. The fourth-order valence-electron chi connectivity index (χ4n) is 9.40. The number of allylic oxidation sites excluding steroid dienone is 1. The third-order valence-electron chi connectivity index (χ3n) is 10.7. The van der Waals surface area contributed by atoms with E-state index in [1.807, 2.05) is 23.9 Å². The Morgan fingerprint density at radius 3 is 2.85 bits per heavy atom. The summed E-state index contributed by atoms with van der Waals surface area (Å²) in [7, 11) is 0. The molecule has 2 unspecified atom stereocenters. The largest absolute Gasteiger partial charge is 0.392 e. The molecule has 5 aliphatic carbocycles. The van der Waals surface area contributed by atoms with Gasteiger partial charge in [0.25, 0.3) is 0 Å². The van der Waals surface area contributed by atoms with Crippen molar-refractivity contribution < 1.29 is 15.0 Å². The minimum Gasteiger partial charge on any atom is -0.392 e. The number of aliphatic hydroxyl groups is 2. The molecule has 1 aromatic carbocycles. The van der Waals surface area contributed by atoms with E-state index in [0.717, 1.165) is 50.7 Å². The first kappa shape index (κ1) is 23.1. The monoisotopic (exact) mass is 478 g/mol. The van der Waals surface area contributed by atoms with Gasteiger partial charge in [0.2, 0.25) is 0 Å². The average molecular weight is 479 g/mol. The van der Waals surface area contributed by atoms with Gasteiger partial charge in [-0.1, -0.05) is 37.6 Å². The number of ketones is 1. The molecule has 1 spiro atoms. The number of aliphatic hydroxyl groups excluding tert-OH is 1. The number of carbonyl (C=O) groups is 1. The summed E-state index contributed by atoms with van der Waals surface area (Å²) in [6, 6.07) is 7.15. The van der Waals surface area contributed by atoms with Gasteiger partial charge in [0, 0.05) is 16.7 Å². The molecule has 2 N–H and O–H groups in total. The Balaban J connectivity index is 1.52. The molecule has 0 radical (unpaired) electrons. The van der Waals surface area contributed by atoms with Gasteiger partial charge in [0.05, 0.1) is 12.2 Å². The van der Waals surface area contributed by atoms with Crippen LogP contribution in [0.15, 0.2) is 46.9 Å². The summed E-state index contributed by atoms with van der Waals surface area (Å²) >= 11 is 1.91. The second-order valence-electron chi connectivity index (χ2n) is 11.9. The van der Waals surface area contributed by atoms with Crippen LogP contribution < -0.4 is 0 Å². The van der Waals surface area contributed by atoms with Crippen molar-refractivity contribution in [3.63, 3.8) is 0 Å². The lowest BCUT2D eigenvalue weighted by atomic mass is 9.39. The average Bonchev–Trinajstić information content (AvgIpc) is 3.08. The maximum atomic E-state index is 12.5. The molecule has 0 saturated heterocycles. The highest BCUT2D eigenvalue weighted by molar-refractivity contribution is 7.99. The minimum atomic E-state index is -0.854. The molecule has 7 atom stereocenters. The molecule has 3 saturated carbocycles. The summed E-state index contributed by atoms with van der Waals surface area (Å²) in [5.41, 5.74) is 3.49. The highest BCUT2D eigenvalue weighted by Gasteiger charge is 2.67. The molecule has 6 rings (SSSR count). The predicted molar refractivity (Wildman–Crippen MR) is 137 cm³/mol. The van der Waals surface area contributed by atoms with Gasteiger partial charge in [-0.25, -0.2) is 0 Å². The molecule has 1 aromatic rings. The Bertz CT molecular complexity index is 1070. The zero-order valence-electron chi connectivity index (χ0n) is 20.6. The molecule has 34 heavy (non-hydrogen) atoms. The Hall–Kier alpha value is -1.36. The smallest absolute Gasteiger partial charge is 0.155 e. The Morgan fingerprint density at radius 1 is 1.21 bits per heavy atom. The van der Waals surface area contributed by atoms with Gasteiger partial charge in [-0.2, -0.15) is 0 Å². The number of carbonyl (C=O) groups excluding carboxylic acids is 1. The van der Waals surface area contributed by atoms with Crippen LogP contribution in [0.5, 0.6) is 0 Å². The lowest BCUT2D eigenvalue weighted by molar-refractivity contribution is -0.128. The van der Waals surface area contributed by atoms with E-state index < -0.39 is 5.60 Å². The summed E-state index contributed by atoms with van der Waals surface area (Å²) in [4.78, 5) is 13.8. The standard InChI is InChI=1S/C30H38O3S/c1-3-34-22-6-8-23-19(15-22)17-29-12-9-21(32)16-20(29)5-7-24-26-10-13-30(33,11-4-14-31)28(26,2)18-25(23)27(24)29/h4,6,8,11,15-16,24-27,31,33H,3,5,7,9-10,12-14,17-18H2,1-2H3/b11-4-/t24-,25?,26-,27?,28-,29+,30-/m0/s1. The van der Waals surface area contributed by atoms with E-state index >= 15 is 0 Å². The lowest BCUT2D eigenvalue weighted by Crippen LogP contribution is -2.59. The quantitative estimate of drug-likeness (QED) is 0.422. The first-order chi connectivity index (χ1) is 16.3. The van der Waals surface area contributed by atoms with E-state index in [1.165, 1.54) is 21.6 Å². The minimum absolute atomic E-state index is 0.0233. The van der Waals surface area contributed by atoms with Crippen LogP contribution in [0.3, 0.4) is 0 Å². The highest BCUT2D eigenvalue weighted by atomic mass is 32.2. The molecule has 3 nitrogen and oxygen atoms in total. The highest BCUT2D eigenvalue weighted by Crippen LogP contribution is 2.73. The van der Waals surface area contributed by atoms with Gasteiger partial charge in [-0.15, -0.1) is 11.8 Å². The molecule has 0 bridgehead atoms. The van der Waals surface area contributed by atoms with Crippen LogP contribution in [0.1, 0.15) is 75.8 Å². The van der Waals surface area contributed by atoms with Gasteiger partial charge in [0.15, 0.2) is 5.78 Å². The fourth-order valence-corrected chi connectivity index (χ4v) is 10.1. The molecule has 0 aliphatic heterocycles. The van der Waals surface area contributed by atoms with E-state index in [9.17, 15) is 15.0 Å². The second-order valence-corrected chi connectivity index (χ2v) is 13.2. The number of thioether (sulfide) groups is 1. The van der Waals surface area contributed by atoms with Crippen molar-refractivity contribution in [2.24, 2.45) is 28.6 Å². The number of fused-ring (bicyclic) bond motifs is 4. The summed E-state index contributed by atoms with van der Waals surface area (Å²) in [6.45, 7) is 4.52. The molecular formula is C30H38O3S. The van der Waals surface area contributed by atoms with Crippen LogP contribution in [0.25, 0.3) is 0 Å². The summed E-state index contributed by atoms with van der Waals surface area (Å²) in [5.74, 6) is 3.46. The maximum Gasteiger partial charge on any atom is 0.155 e. The van der Waals surface area contributed by atoms with Gasteiger partial charge in [-0.3, -0.25) is 4.79 Å². The SMILES string of the molecule is CCSc1ccc2c(c1)C[C@]13CCC(=O)C=C1CC[C@@H]1C3C2C[C@@]2(C)[C@H]1CC[C@@]2(O)/C=C\CO. The predicted octanol–water partition coefficient (Wildman–Crippen LogP) is 5.84. The first-order valence-corrected chi connectivity index (χ1v) is 14.3. The molecule has 0 aromatic heterocycles. The second kappa shape index (κ2) is 8.08. The molecule has 3 fully saturated rings. The van der Waals surface area contributed by atoms with E-state index in [4.69, 9.17) is 0 Å². The van der Waals surface area contributed by atoms with Crippen molar-refractivity contribution in [1.82, 2.24) is 0 Å². The van der Waals surface area contributed by atoms with Crippen LogP contribution in [-0.2, 0) is 11.2 Å². The normalized spacial score (nSPS) is 42.6. The van der Waals surface area contributed by atoms with Gasteiger partial charge < -0.3 is 10.2 Å². The molecular weight excluding hydrogens is 440 g/mol. The van der Waals surface area contributed by atoms with Crippen molar-refractivity contribution in [2.75, 3.05) is 12.4 Å². The number of hydrogen-bond acceptors (Lipinski definition) is 4. The molecule has 0 heterocycles. The van der Waals surface area contributed by atoms with Crippen molar-refractivity contribution in [1.29, 1.82) is 0 Å². The third kappa shape index (κ3) is 3.07. The van der Waals surface area contributed by atoms with Crippen LogP contribution >= 0.6 is 11.8 Å². The maximum absolute atomic E-state index is 12.5. The first-order valence-electron chi connectivity index (χ1n) is 13.4. The van der Waals surface area contributed by atoms with Crippen LogP contribution in [0.2, 0.25) is 0 Å². The van der Waals surface area contributed by atoms with Gasteiger partial charge in [0.1, 0.15) is 0 Å². The van der Waals surface area contributed by atoms with Crippen molar-refractivity contribution in [3.05, 3.63) is 53.1 Å². The Labute approximate surface area is 208 Å². The van der Waals surface area contributed by atoms with Crippen LogP contribution in [0.4, 0.5) is 0 Å². The summed E-state index contributed by atoms with van der Waals surface area (Å²) in [6.07, 6.45) is 13.5. The van der Waals surface area contributed by atoms with E-state index in [0.29, 0.717) is 35.9 Å². The lowest BCUT2D eigenvalue weighted by Gasteiger charge is -2.65. The number of hydrogen-bond donors (Lipinski definition) is 2. The fraction of sp³-hybridized carbons (Fsp3) is 0.633. The third-order valence-corrected chi connectivity index (χ3v) is 11.6. The van der Waals surface area contributed by atoms with Gasteiger partial charge >= 0.3 is 0 Å². The molecule has 4 heteroatoms. The van der Waals surface area contributed by atoms with E-state index in [1.54, 1.807) is 6.08 Å². The van der Waals surface area contributed by atoms with Crippen molar-refractivity contribution in [3.8, 4) is 0 Å². The van der Waals surface area contributed by atoms with E-state index in [-0.39, 0.29) is 17.4 Å². The molecule has 182 valence electrons. The van der Waals surface area contributed by atoms with Crippen LogP contribution in [-0.4, -0.2) is 34.0 Å². The summed E-state index contributed by atoms with van der Waals surface area (Å²) in [5, 5.41) is 21.4. The number of rotatable bonds is 4.